The Hall–Kier alpha value is -2.88. The molecule has 0 radical (unpaired) electrons. The van der Waals surface area contributed by atoms with Crippen molar-refractivity contribution >= 4 is 5.69 Å². The third-order valence-corrected chi connectivity index (χ3v) is 3.71. The minimum atomic E-state index is -0.375. The first-order chi connectivity index (χ1) is 10.6. The molecule has 0 fully saturated rings. The number of nitrogens with zero attached hydrogens (tertiary/aromatic N) is 2. The summed E-state index contributed by atoms with van der Waals surface area (Å²) in [4.78, 5) is 10.4. The van der Waals surface area contributed by atoms with Crippen molar-refractivity contribution in [2.24, 2.45) is 0 Å². The average Bonchev–Trinajstić information content (AvgIpc) is 2.89. The summed E-state index contributed by atoms with van der Waals surface area (Å²) in [5.41, 5.74) is 4.58. The molecule has 3 rings (SSSR count). The van der Waals surface area contributed by atoms with E-state index in [1.807, 2.05) is 30.3 Å². The molecule has 0 aliphatic rings. The van der Waals surface area contributed by atoms with Gasteiger partial charge in [-0.3, -0.25) is 10.1 Å². The molecule has 0 atom stereocenters. The molecule has 0 aliphatic carbocycles. The first-order valence-corrected chi connectivity index (χ1v) is 7.09. The van der Waals surface area contributed by atoms with Crippen LogP contribution in [0.3, 0.4) is 0 Å². The summed E-state index contributed by atoms with van der Waals surface area (Å²) in [5.74, 6) is 0. The van der Waals surface area contributed by atoms with Crippen molar-refractivity contribution in [3.8, 4) is 11.3 Å². The Labute approximate surface area is 128 Å². The summed E-state index contributed by atoms with van der Waals surface area (Å²) in [7, 11) is 0. The van der Waals surface area contributed by atoms with Crippen LogP contribution in [0.1, 0.15) is 11.1 Å². The molecule has 4 nitrogen and oxygen atoms in total. The fourth-order valence-corrected chi connectivity index (χ4v) is 2.63. The van der Waals surface area contributed by atoms with Crippen LogP contribution >= 0.6 is 0 Å². The summed E-state index contributed by atoms with van der Waals surface area (Å²) in [6.07, 6.45) is 2.05. The molecule has 1 heterocycles. The third-order valence-electron chi connectivity index (χ3n) is 3.71. The molecule has 0 N–H and O–H groups in total. The Bertz CT molecular complexity index is 790. The lowest BCUT2D eigenvalue weighted by Crippen LogP contribution is -2.01. The van der Waals surface area contributed by atoms with Crippen molar-refractivity contribution in [2.45, 2.75) is 13.5 Å². The SMILES string of the molecule is Cc1ccn(Cc2ccccc2)c1-c1ccc([N+](=O)[O-])cc1. The van der Waals surface area contributed by atoms with Crippen molar-refractivity contribution in [2.75, 3.05) is 0 Å². The fraction of sp³-hybridized carbons (Fsp3) is 0.111. The molecule has 0 saturated carbocycles. The molecule has 0 amide bonds. The zero-order valence-corrected chi connectivity index (χ0v) is 12.3. The summed E-state index contributed by atoms with van der Waals surface area (Å²) >= 11 is 0. The maximum atomic E-state index is 10.8. The van der Waals surface area contributed by atoms with E-state index < -0.39 is 0 Å². The minimum Gasteiger partial charge on any atom is -0.343 e. The lowest BCUT2D eigenvalue weighted by Gasteiger charge is -2.11. The lowest BCUT2D eigenvalue weighted by molar-refractivity contribution is -0.384. The summed E-state index contributed by atoms with van der Waals surface area (Å²) in [5, 5.41) is 10.8. The molecule has 3 aromatic rings. The number of non-ortho nitro benzene ring substituents is 1. The normalized spacial score (nSPS) is 10.6. The predicted octanol–water partition coefficient (Wildman–Crippen LogP) is 4.42. The maximum absolute atomic E-state index is 10.8. The smallest absolute Gasteiger partial charge is 0.269 e. The maximum Gasteiger partial charge on any atom is 0.269 e. The van der Waals surface area contributed by atoms with Crippen LogP contribution in [0.4, 0.5) is 5.69 Å². The van der Waals surface area contributed by atoms with Gasteiger partial charge in [0.1, 0.15) is 0 Å². The fourth-order valence-electron chi connectivity index (χ4n) is 2.63. The largest absolute Gasteiger partial charge is 0.343 e. The van der Waals surface area contributed by atoms with Gasteiger partial charge < -0.3 is 4.57 Å². The number of benzene rings is 2. The van der Waals surface area contributed by atoms with Gasteiger partial charge in [0, 0.05) is 24.9 Å². The molecule has 110 valence electrons. The molecule has 0 unspecified atom stereocenters. The molecular formula is C18H16N2O2. The second kappa shape index (κ2) is 5.85. The Kier molecular flexibility index (Phi) is 3.74. The van der Waals surface area contributed by atoms with Crippen LogP contribution < -0.4 is 0 Å². The second-order valence-electron chi connectivity index (χ2n) is 5.26. The summed E-state index contributed by atoms with van der Waals surface area (Å²) in [6.45, 7) is 2.83. The Balaban J connectivity index is 1.97. The molecule has 0 spiro atoms. The third kappa shape index (κ3) is 2.76. The second-order valence-corrected chi connectivity index (χ2v) is 5.26. The highest BCUT2D eigenvalue weighted by Gasteiger charge is 2.11. The van der Waals surface area contributed by atoms with Crippen LogP contribution in [0.25, 0.3) is 11.3 Å². The summed E-state index contributed by atoms with van der Waals surface area (Å²) < 4.78 is 2.17. The topological polar surface area (TPSA) is 48.1 Å². The molecule has 1 aromatic heterocycles. The molecule has 4 heteroatoms. The number of hydrogen-bond acceptors (Lipinski definition) is 2. The van der Waals surface area contributed by atoms with Gasteiger partial charge in [0.15, 0.2) is 0 Å². The highest BCUT2D eigenvalue weighted by molar-refractivity contribution is 5.65. The Morgan fingerprint density at radius 3 is 2.32 bits per heavy atom. The number of hydrogen-bond donors (Lipinski definition) is 0. The van der Waals surface area contributed by atoms with Gasteiger partial charge in [0.2, 0.25) is 0 Å². The first kappa shape index (κ1) is 14.1. The predicted molar refractivity (Wildman–Crippen MR) is 86.8 cm³/mol. The Morgan fingerprint density at radius 1 is 1.00 bits per heavy atom. The van der Waals surface area contributed by atoms with Crippen LogP contribution in [0.15, 0.2) is 66.9 Å². The molecule has 22 heavy (non-hydrogen) atoms. The van der Waals surface area contributed by atoms with E-state index >= 15 is 0 Å². The van der Waals surface area contributed by atoms with E-state index in [-0.39, 0.29) is 10.6 Å². The molecule has 0 aliphatic heterocycles. The van der Waals surface area contributed by atoms with Gasteiger partial charge in [-0.25, -0.2) is 0 Å². The van der Waals surface area contributed by atoms with Gasteiger partial charge in [-0.05, 0) is 41.8 Å². The zero-order valence-electron chi connectivity index (χ0n) is 12.3. The van der Waals surface area contributed by atoms with E-state index in [0.717, 1.165) is 23.4 Å². The highest BCUT2D eigenvalue weighted by Crippen LogP contribution is 2.27. The van der Waals surface area contributed by atoms with Crippen LogP contribution in [-0.2, 0) is 6.54 Å². The number of aromatic nitrogens is 1. The average molecular weight is 292 g/mol. The van der Waals surface area contributed by atoms with Gasteiger partial charge in [-0.1, -0.05) is 30.3 Å². The van der Waals surface area contributed by atoms with E-state index in [1.54, 1.807) is 12.1 Å². The van der Waals surface area contributed by atoms with E-state index in [2.05, 4.69) is 35.9 Å². The van der Waals surface area contributed by atoms with Gasteiger partial charge in [0.25, 0.3) is 5.69 Å². The molecule has 0 bridgehead atoms. The quantitative estimate of drug-likeness (QED) is 0.528. The van der Waals surface area contributed by atoms with E-state index in [1.165, 1.54) is 5.56 Å². The van der Waals surface area contributed by atoms with Crippen LogP contribution in [-0.4, -0.2) is 9.49 Å². The first-order valence-electron chi connectivity index (χ1n) is 7.09. The Morgan fingerprint density at radius 2 is 1.68 bits per heavy atom. The molecule has 2 aromatic carbocycles. The van der Waals surface area contributed by atoms with Crippen molar-refractivity contribution < 1.29 is 4.92 Å². The minimum absolute atomic E-state index is 0.113. The van der Waals surface area contributed by atoms with Gasteiger partial charge in [0.05, 0.1) is 10.6 Å². The van der Waals surface area contributed by atoms with Crippen LogP contribution in [0, 0.1) is 17.0 Å². The van der Waals surface area contributed by atoms with Crippen molar-refractivity contribution in [1.29, 1.82) is 0 Å². The number of nitro groups is 1. The van der Waals surface area contributed by atoms with Crippen LogP contribution in [0.2, 0.25) is 0 Å². The van der Waals surface area contributed by atoms with Crippen molar-refractivity contribution in [3.63, 3.8) is 0 Å². The van der Waals surface area contributed by atoms with Gasteiger partial charge in [-0.2, -0.15) is 0 Å². The van der Waals surface area contributed by atoms with Crippen molar-refractivity contribution in [1.82, 2.24) is 4.57 Å². The monoisotopic (exact) mass is 292 g/mol. The number of rotatable bonds is 4. The number of nitro benzene ring substituents is 1. The zero-order chi connectivity index (χ0) is 15.5. The standard InChI is InChI=1S/C18H16N2O2/c1-14-11-12-19(13-15-5-3-2-4-6-15)18(14)16-7-9-17(10-8-16)20(21)22/h2-12H,13H2,1H3. The number of aryl methyl sites for hydroxylation is 1. The van der Waals surface area contributed by atoms with Gasteiger partial charge in [-0.15, -0.1) is 0 Å². The summed E-state index contributed by atoms with van der Waals surface area (Å²) in [6, 6.07) is 19.0. The van der Waals surface area contributed by atoms with Crippen molar-refractivity contribution in [3.05, 3.63) is 88.1 Å². The van der Waals surface area contributed by atoms with E-state index in [0.29, 0.717) is 0 Å². The molecule has 0 saturated heterocycles. The van der Waals surface area contributed by atoms with E-state index in [4.69, 9.17) is 0 Å². The van der Waals surface area contributed by atoms with Gasteiger partial charge >= 0.3 is 0 Å². The lowest BCUT2D eigenvalue weighted by atomic mass is 10.1. The highest BCUT2D eigenvalue weighted by atomic mass is 16.6. The molecular weight excluding hydrogens is 276 g/mol. The van der Waals surface area contributed by atoms with Crippen LogP contribution in [0.5, 0.6) is 0 Å². The van der Waals surface area contributed by atoms with E-state index in [9.17, 15) is 10.1 Å².